The first kappa shape index (κ1) is 15.9. The van der Waals surface area contributed by atoms with E-state index < -0.39 is 11.8 Å². The van der Waals surface area contributed by atoms with E-state index in [1.807, 2.05) is 0 Å². The van der Waals surface area contributed by atoms with Crippen LogP contribution >= 0.6 is 0 Å². The molecule has 0 N–H and O–H groups in total. The smallest absolute Gasteiger partial charge is 0.312 e. The second kappa shape index (κ2) is 8.87. The van der Waals surface area contributed by atoms with Gasteiger partial charge in [0.1, 0.15) is 0 Å². The molecule has 0 atom stereocenters. The molecule has 19 heavy (non-hydrogen) atoms. The third kappa shape index (κ3) is 5.16. The number of carbonyl (C=O) groups is 2. The largest absolute Gasteiger partial charge is 0.383 e. The number of nitrogens with zero attached hydrogens (tertiary/aromatic N) is 2. The lowest BCUT2D eigenvalue weighted by atomic mass is 10.1. The van der Waals surface area contributed by atoms with Crippen LogP contribution in [0.4, 0.5) is 0 Å². The summed E-state index contributed by atoms with van der Waals surface area (Å²) >= 11 is 0. The van der Waals surface area contributed by atoms with E-state index in [2.05, 4.69) is 0 Å². The van der Waals surface area contributed by atoms with Crippen molar-refractivity contribution in [1.82, 2.24) is 9.80 Å². The van der Waals surface area contributed by atoms with Gasteiger partial charge in [0.05, 0.1) is 13.2 Å². The molecule has 1 aliphatic rings. The molecule has 110 valence electrons. The summed E-state index contributed by atoms with van der Waals surface area (Å²) in [6, 6.07) is 0. The molecule has 0 aliphatic carbocycles. The van der Waals surface area contributed by atoms with Crippen molar-refractivity contribution in [2.45, 2.75) is 19.3 Å². The zero-order chi connectivity index (χ0) is 14.1. The van der Waals surface area contributed by atoms with Crippen LogP contribution in [0, 0.1) is 0 Å². The number of hydrogen-bond acceptors (Lipinski definition) is 4. The minimum atomic E-state index is -0.448. The normalized spacial score (nSPS) is 15.4. The molecular formula is C13H24N2O4. The third-order valence-corrected chi connectivity index (χ3v) is 3.24. The molecule has 1 fully saturated rings. The van der Waals surface area contributed by atoms with Crippen molar-refractivity contribution in [3.63, 3.8) is 0 Å². The van der Waals surface area contributed by atoms with Crippen LogP contribution in [-0.2, 0) is 19.1 Å². The maximum Gasteiger partial charge on any atom is 0.312 e. The van der Waals surface area contributed by atoms with Crippen molar-refractivity contribution >= 4 is 11.8 Å². The number of likely N-dealkylation sites (tertiary alicyclic amines) is 1. The van der Waals surface area contributed by atoms with E-state index in [-0.39, 0.29) is 0 Å². The number of piperidine rings is 1. The summed E-state index contributed by atoms with van der Waals surface area (Å²) in [5.74, 6) is -0.845. The third-order valence-electron chi connectivity index (χ3n) is 3.24. The maximum absolute atomic E-state index is 12.2. The Kier molecular flexibility index (Phi) is 7.43. The Morgan fingerprint density at radius 2 is 1.53 bits per heavy atom. The second-order valence-electron chi connectivity index (χ2n) is 4.63. The molecule has 0 radical (unpaired) electrons. The number of amides is 2. The van der Waals surface area contributed by atoms with Crippen LogP contribution in [0.5, 0.6) is 0 Å². The molecule has 0 aromatic rings. The summed E-state index contributed by atoms with van der Waals surface area (Å²) in [5.41, 5.74) is 0. The van der Waals surface area contributed by atoms with Crippen molar-refractivity contribution in [2.75, 3.05) is 53.6 Å². The minimum absolute atomic E-state index is 0.396. The topological polar surface area (TPSA) is 59.1 Å². The van der Waals surface area contributed by atoms with Crippen LogP contribution < -0.4 is 0 Å². The Labute approximate surface area is 114 Å². The van der Waals surface area contributed by atoms with E-state index in [0.29, 0.717) is 39.4 Å². The maximum atomic E-state index is 12.2. The molecule has 1 aliphatic heterocycles. The van der Waals surface area contributed by atoms with E-state index in [1.54, 1.807) is 19.1 Å². The van der Waals surface area contributed by atoms with Crippen molar-refractivity contribution < 1.29 is 19.1 Å². The van der Waals surface area contributed by atoms with E-state index >= 15 is 0 Å². The molecule has 6 nitrogen and oxygen atoms in total. The number of methoxy groups -OCH3 is 2. The Morgan fingerprint density at radius 1 is 1.00 bits per heavy atom. The van der Waals surface area contributed by atoms with Gasteiger partial charge < -0.3 is 19.3 Å². The van der Waals surface area contributed by atoms with Crippen molar-refractivity contribution in [3.05, 3.63) is 0 Å². The van der Waals surface area contributed by atoms with E-state index in [0.717, 1.165) is 19.3 Å². The summed E-state index contributed by atoms with van der Waals surface area (Å²) < 4.78 is 9.94. The fourth-order valence-electron chi connectivity index (χ4n) is 2.09. The Morgan fingerprint density at radius 3 is 2.00 bits per heavy atom. The van der Waals surface area contributed by atoms with Crippen LogP contribution in [0.25, 0.3) is 0 Å². The lowest BCUT2D eigenvalue weighted by molar-refractivity contribution is -0.153. The zero-order valence-electron chi connectivity index (χ0n) is 11.9. The lowest BCUT2D eigenvalue weighted by Gasteiger charge is -2.29. The molecule has 6 heteroatoms. The van der Waals surface area contributed by atoms with Crippen LogP contribution in [0.15, 0.2) is 0 Å². The first-order valence-corrected chi connectivity index (χ1v) is 6.76. The molecule has 0 unspecified atom stereocenters. The zero-order valence-corrected chi connectivity index (χ0v) is 11.9. The molecule has 0 aromatic carbocycles. The van der Waals surface area contributed by atoms with E-state index in [4.69, 9.17) is 9.47 Å². The highest BCUT2D eigenvalue weighted by Crippen LogP contribution is 2.09. The van der Waals surface area contributed by atoms with Gasteiger partial charge in [-0.15, -0.1) is 0 Å². The molecule has 0 spiro atoms. The molecule has 1 rings (SSSR count). The Balaban J connectivity index is 2.54. The average molecular weight is 272 g/mol. The van der Waals surface area contributed by atoms with E-state index in [1.165, 1.54) is 4.90 Å². The predicted molar refractivity (Wildman–Crippen MR) is 70.8 cm³/mol. The average Bonchev–Trinajstić information content (AvgIpc) is 2.47. The van der Waals surface area contributed by atoms with Crippen LogP contribution in [0.3, 0.4) is 0 Å². The monoisotopic (exact) mass is 272 g/mol. The van der Waals surface area contributed by atoms with Crippen molar-refractivity contribution in [2.24, 2.45) is 0 Å². The molecule has 0 saturated carbocycles. The number of rotatable bonds is 6. The number of carbonyl (C=O) groups excluding carboxylic acids is 2. The van der Waals surface area contributed by atoms with Crippen molar-refractivity contribution in [1.29, 1.82) is 0 Å². The van der Waals surface area contributed by atoms with Crippen LogP contribution in [0.1, 0.15) is 19.3 Å². The van der Waals surface area contributed by atoms with Gasteiger partial charge in [-0.1, -0.05) is 0 Å². The predicted octanol–water partition coefficient (Wildman–Crippen LogP) is 0.120. The molecule has 0 aromatic heterocycles. The second-order valence-corrected chi connectivity index (χ2v) is 4.63. The summed E-state index contributed by atoms with van der Waals surface area (Å²) in [7, 11) is 3.15. The molecule has 2 amide bonds. The number of hydrogen-bond donors (Lipinski definition) is 0. The summed E-state index contributed by atoms with van der Waals surface area (Å²) in [4.78, 5) is 27.5. The first-order chi connectivity index (χ1) is 9.20. The van der Waals surface area contributed by atoms with Gasteiger partial charge in [0.15, 0.2) is 0 Å². The summed E-state index contributed by atoms with van der Waals surface area (Å²) in [5, 5.41) is 0. The van der Waals surface area contributed by atoms with Gasteiger partial charge in [0, 0.05) is 40.4 Å². The quantitative estimate of drug-likeness (QED) is 0.644. The summed E-state index contributed by atoms with van der Waals surface area (Å²) in [6.45, 7) is 3.04. The van der Waals surface area contributed by atoms with Crippen molar-refractivity contribution in [3.8, 4) is 0 Å². The van der Waals surface area contributed by atoms with Gasteiger partial charge in [-0.05, 0) is 19.3 Å². The van der Waals surface area contributed by atoms with E-state index in [9.17, 15) is 9.59 Å². The highest BCUT2D eigenvalue weighted by Gasteiger charge is 2.27. The fraction of sp³-hybridized carbons (Fsp3) is 0.846. The van der Waals surface area contributed by atoms with Crippen LogP contribution in [-0.4, -0.2) is 75.2 Å². The van der Waals surface area contributed by atoms with Crippen LogP contribution in [0.2, 0.25) is 0 Å². The van der Waals surface area contributed by atoms with Gasteiger partial charge in [-0.2, -0.15) is 0 Å². The SMILES string of the molecule is COCCN(CCOC)C(=O)C(=O)N1CCCCC1. The molecular weight excluding hydrogens is 248 g/mol. The summed E-state index contributed by atoms with van der Waals surface area (Å²) in [6.07, 6.45) is 3.10. The van der Waals surface area contributed by atoms with Gasteiger partial charge in [-0.25, -0.2) is 0 Å². The Bertz CT molecular complexity index is 282. The first-order valence-electron chi connectivity index (χ1n) is 6.76. The standard InChI is InChI=1S/C13H24N2O4/c1-18-10-8-15(9-11-19-2)13(17)12(16)14-6-4-3-5-7-14/h3-11H2,1-2H3. The minimum Gasteiger partial charge on any atom is -0.383 e. The highest BCUT2D eigenvalue weighted by atomic mass is 16.5. The molecule has 1 saturated heterocycles. The van der Waals surface area contributed by atoms with Gasteiger partial charge in [0.25, 0.3) is 0 Å². The van der Waals surface area contributed by atoms with Gasteiger partial charge in [0.2, 0.25) is 0 Å². The van der Waals surface area contributed by atoms with Gasteiger partial charge in [-0.3, -0.25) is 9.59 Å². The molecule has 1 heterocycles. The fourth-order valence-corrected chi connectivity index (χ4v) is 2.09. The molecule has 0 bridgehead atoms. The highest BCUT2D eigenvalue weighted by molar-refractivity contribution is 6.34. The van der Waals surface area contributed by atoms with Gasteiger partial charge >= 0.3 is 11.8 Å². The lowest BCUT2D eigenvalue weighted by Crippen LogP contribution is -2.48. The number of ether oxygens (including phenoxy) is 2. The Hall–Kier alpha value is -1.14.